The Morgan fingerprint density at radius 3 is 1.87 bits per heavy atom. The third-order valence-electron chi connectivity index (χ3n) is 8.55. The van der Waals surface area contributed by atoms with Gasteiger partial charge in [-0.3, -0.25) is 13.8 Å². The molecule has 0 aromatic heterocycles. The number of hydrogen-bond donors (Lipinski definition) is 5. The fourth-order valence-electron chi connectivity index (χ4n) is 5.24. The van der Waals surface area contributed by atoms with Gasteiger partial charge in [0.15, 0.2) is 6.10 Å². The van der Waals surface area contributed by atoms with Crippen LogP contribution >= 0.6 is 7.82 Å². The van der Waals surface area contributed by atoms with E-state index in [-0.39, 0.29) is 45.6 Å². The number of phosphoric acid groups is 1. The Balaban J connectivity index is 4.47. The molecular weight excluding hydrogens is 721 g/mol. The molecule has 0 radical (unpaired) electrons. The van der Waals surface area contributed by atoms with Crippen molar-refractivity contribution in [1.29, 1.82) is 0 Å². The van der Waals surface area contributed by atoms with Gasteiger partial charge in [0.2, 0.25) is 0 Å². The lowest BCUT2D eigenvalue weighted by molar-refractivity contribution is -0.147. The number of nitrogens with two attached hydrogens (primary N) is 1. The van der Waals surface area contributed by atoms with Crippen molar-refractivity contribution < 1.29 is 48.1 Å². The maximum absolute atomic E-state index is 12.4. The summed E-state index contributed by atoms with van der Waals surface area (Å²) in [5, 5.41) is 30.4. The lowest BCUT2D eigenvalue weighted by Crippen LogP contribution is -2.26. The molecular formula is C43H76NO10P. The Bertz CT molecular complexity index is 1120. The number of unbranched alkanes of at least 4 members (excludes halogenated alkanes) is 13. The number of carbonyl (C=O) groups excluding carboxylic acids is 1. The van der Waals surface area contributed by atoms with Crippen LogP contribution in [-0.4, -0.2) is 77.0 Å². The summed E-state index contributed by atoms with van der Waals surface area (Å²) in [6, 6.07) is 0. The number of carbonyl (C=O) groups is 1. The highest BCUT2D eigenvalue weighted by Crippen LogP contribution is 2.43. The first-order valence-electron chi connectivity index (χ1n) is 20.8. The molecule has 1 unspecified atom stereocenters. The van der Waals surface area contributed by atoms with Crippen LogP contribution in [0.3, 0.4) is 0 Å². The second-order valence-corrected chi connectivity index (χ2v) is 15.2. The van der Waals surface area contributed by atoms with Gasteiger partial charge in [-0.05, 0) is 63.9 Å². The van der Waals surface area contributed by atoms with Gasteiger partial charge in [0.05, 0.1) is 37.8 Å². The molecule has 0 rings (SSSR count). The predicted octanol–water partition coefficient (Wildman–Crippen LogP) is 9.23. The van der Waals surface area contributed by atoms with Gasteiger partial charge in [0, 0.05) is 13.0 Å². The zero-order valence-corrected chi connectivity index (χ0v) is 34.9. The van der Waals surface area contributed by atoms with Crippen molar-refractivity contribution in [3.63, 3.8) is 0 Å². The lowest BCUT2D eigenvalue weighted by Gasteiger charge is -2.19. The third kappa shape index (κ3) is 37.0. The Morgan fingerprint density at radius 2 is 1.24 bits per heavy atom. The number of rotatable bonds is 38. The molecule has 0 aromatic rings. The normalized spacial score (nSPS) is 15.9. The van der Waals surface area contributed by atoms with Gasteiger partial charge >= 0.3 is 13.8 Å². The molecule has 0 fully saturated rings. The van der Waals surface area contributed by atoms with E-state index < -0.39 is 38.2 Å². The maximum atomic E-state index is 12.4. The van der Waals surface area contributed by atoms with Crippen LogP contribution < -0.4 is 5.73 Å². The highest BCUT2D eigenvalue weighted by Gasteiger charge is 2.24. The van der Waals surface area contributed by atoms with Crippen LogP contribution in [0.5, 0.6) is 0 Å². The van der Waals surface area contributed by atoms with E-state index in [2.05, 4.69) is 26.0 Å². The second-order valence-electron chi connectivity index (χ2n) is 13.8. The smallest absolute Gasteiger partial charge is 0.472 e. The van der Waals surface area contributed by atoms with Crippen molar-refractivity contribution in [2.75, 3.05) is 26.4 Å². The average Bonchev–Trinajstić information content (AvgIpc) is 3.16. The summed E-state index contributed by atoms with van der Waals surface area (Å²) >= 11 is 0. The molecule has 0 aromatic carbocycles. The van der Waals surface area contributed by atoms with Crippen LogP contribution in [0.25, 0.3) is 0 Å². The fraction of sp³-hybridized carbons (Fsp3) is 0.698. The molecule has 0 heterocycles. The molecule has 318 valence electrons. The molecule has 5 atom stereocenters. The minimum Gasteiger partial charge on any atom is -0.492 e. The molecule has 0 amide bonds. The first-order valence-corrected chi connectivity index (χ1v) is 22.3. The van der Waals surface area contributed by atoms with Crippen LogP contribution in [0.15, 0.2) is 73.1 Å². The molecule has 11 nitrogen and oxygen atoms in total. The first-order chi connectivity index (χ1) is 26.6. The second kappa shape index (κ2) is 38.5. The number of phosphoric ester groups is 1. The zero-order valence-electron chi connectivity index (χ0n) is 34.0. The predicted molar refractivity (Wildman–Crippen MR) is 223 cm³/mol. The summed E-state index contributed by atoms with van der Waals surface area (Å²) < 4.78 is 32.9. The Morgan fingerprint density at radius 1 is 0.673 bits per heavy atom. The number of aliphatic hydroxyl groups excluding tert-OH is 3. The number of esters is 1. The number of allylic oxidation sites excluding steroid dienone is 9. The summed E-state index contributed by atoms with van der Waals surface area (Å²) in [5.41, 5.74) is 5.34. The Kier molecular flexibility index (Phi) is 36.9. The molecule has 0 aliphatic heterocycles. The van der Waals surface area contributed by atoms with Gasteiger partial charge < -0.3 is 35.4 Å². The highest BCUT2D eigenvalue weighted by atomic mass is 31.2. The van der Waals surface area contributed by atoms with Crippen molar-refractivity contribution in [3.8, 4) is 0 Å². The standard InChI is InChI=1S/C43H76NO10P/c1-3-5-7-8-9-10-11-12-13-14-15-16-17-20-23-27-35-51-40(38-54-55(49,50)53-36-34-44)37-52-43(48)33-28-32-42(47)41(46)31-26-22-19-18-21-25-30-39(45)29-24-6-4-2/h10-11,18-19,21-22,25-27,30-31,35,39-42,45-47H,3-9,12-17,20,23-24,28-29,32-34,36-38,44H2,1-2H3,(H,49,50)/b11-10-,21-18-,22-19+,30-25+,31-26+,35-27+/t39-,40-,41-,42-/m1/s1. The summed E-state index contributed by atoms with van der Waals surface area (Å²) in [5.74, 6) is -0.544. The molecule has 0 aliphatic rings. The average molecular weight is 798 g/mol. The topological polar surface area (TPSA) is 178 Å². The highest BCUT2D eigenvalue weighted by molar-refractivity contribution is 7.47. The molecule has 0 saturated carbocycles. The van der Waals surface area contributed by atoms with Gasteiger partial charge in [-0.2, -0.15) is 0 Å². The summed E-state index contributed by atoms with van der Waals surface area (Å²) in [4.78, 5) is 22.3. The van der Waals surface area contributed by atoms with E-state index in [9.17, 15) is 29.6 Å². The molecule has 55 heavy (non-hydrogen) atoms. The van der Waals surface area contributed by atoms with E-state index in [1.807, 2.05) is 6.08 Å². The van der Waals surface area contributed by atoms with E-state index in [0.29, 0.717) is 0 Å². The quantitative estimate of drug-likeness (QED) is 0.0100. The Hall–Kier alpha value is -2.34. The molecule has 0 spiro atoms. The van der Waals surface area contributed by atoms with Gasteiger partial charge in [0.1, 0.15) is 6.61 Å². The fourth-order valence-corrected chi connectivity index (χ4v) is 6.00. The maximum Gasteiger partial charge on any atom is 0.472 e. The summed E-state index contributed by atoms with van der Waals surface area (Å²) in [6.45, 7) is 3.67. The Labute approximate surface area is 333 Å². The van der Waals surface area contributed by atoms with Crippen molar-refractivity contribution in [2.24, 2.45) is 5.73 Å². The van der Waals surface area contributed by atoms with Crippen LogP contribution in [0.1, 0.15) is 142 Å². The third-order valence-corrected chi connectivity index (χ3v) is 9.54. The van der Waals surface area contributed by atoms with Crippen LogP contribution in [0.4, 0.5) is 0 Å². The molecule has 0 aliphatic carbocycles. The van der Waals surface area contributed by atoms with Crippen molar-refractivity contribution in [2.45, 2.75) is 167 Å². The first kappa shape index (κ1) is 52.7. The van der Waals surface area contributed by atoms with Gasteiger partial charge in [-0.1, -0.05) is 139 Å². The minimum atomic E-state index is -4.35. The van der Waals surface area contributed by atoms with Gasteiger partial charge in [0.25, 0.3) is 0 Å². The van der Waals surface area contributed by atoms with Crippen molar-refractivity contribution in [3.05, 3.63) is 73.1 Å². The zero-order chi connectivity index (χ0) is 40.7. The van der Waals surface area contributed by atoms with Crippen LogP contribution in [-0.2, 0) is 27.9 Å². The van der Waals surface area contributed by atoms with E-state index in [1.165, 1.54) is 70.1 Å². The van der Waals surface area contributed by atoms with E-state index >= 15 is 0 Å². The monoisotopic (exact) mass is 798 g/mol. The number of hydrogen-bond acceptors (Lipinski definition) is 10. The van der Waals surface area contributed by atoms with Gasteiger partial charge in [-0.25, -0.2) is 4.57 Å². The summed E-state index contributed by atoms with van der Waals surface area (Å²) in [7, 11) is -4.35. The van der Waals surface area contributed by atoms with E-state index in [4.69, 9.17) is 24.3 Å². The molecule has 6 N–H and O–H groups in total. The largest absolute Gasteiger partial charge is 0.492 e. The summed E-state index contributed by atoms with van der Waals surface area (Å²) in [6.07, 6.45) is 38.1. The van der Waals surface area contributed by atoms with Gasteiger partial charge in [-0.15, -0.1) is 0 Å². The van der Waals surface area contributed by atoms with Crippen LogP contribution in [0, 0.1) is 0 Å². The molecule has 12 heteroatoms. The van der Waals surface area contributed by atoms with Crippen molar-refractivity contribution in [1.82, 2.24) is 0 Å². The van der Waals surface area contributed by atoms with Crippen LogP contribution in [0.2, 0.25) is 0 Å². The lowest BCUT2D eigenvalue weighted by atomic mass is 10.1. The minimum absolute atomic E-state index is 0.00361. The molecule has 0 bridgehead atoms. The molecule has 0 saturated heterocycles. The van der Waals surface area contributed by atoms with E-state index in [0.717, 1.165) is 51.4 Å². The van der Waals surface area contributed by atoms with E-state index in [1.54, 1.807) is 42.5 Å². The van der Waals surface area contributed by atoms with Crippen molar-refractivity contribution >= 4 is 13.8 Å². The SMILES string of the molecule is CCCCCC/C=C\CCCCCCCC/C=C/O[C@H](COC(=O)CCC[C@@H](O)[C@H](O)/C=C/C=C/C=C\C=C\[C@H](O)CCCCC)COP(=O)(O)OCCN. The number of aliphatic hydroxyl groups is 3. The number of ether oxygens (including phenoxy) is 2.